The molecule has 1 aliphatic carbocycles. The molecule has 160 valence electrons. The van der Waals surface area contributed by atoms with Crippen LogP contribution in [0.25, 0.3) is 0 Å². The maximum absolute atomic E-state index is 13.2. The van der Waals surface area contributed by atoms with Gasteiger partial charge in [0.15, 0.2) is 5.82 Å². The Morgan fingerprint density at radius 2 is 1.97 bits per heavy atom. The van der Waals surface area contributed by atoms with Crippen molar-refractivity contribution >= 4 is 23.5 Å². The minimum absolute atomic E-state index is 0.187. The van der Waals surface area contributed by atoms with Crippen LogP contribution in [-0.4, -0.2) is 53.9 Å². The number of aromatic nitrogens is 2. The van der Waals surface area contributed by atoms with Crippen molar-refractivity contribution in [2.24, 2.45) is 5.92 Å². The Morgan fingerprint density at radius 3 is 2.63 bits per heavy atom. The molecule has 2 heterocycles. The fourth-order valence-corrected chi connectivity index (χ4v) is 3.70. The molecule has 1 aromatic heterocycles. The zero-order valence-corrected chi connectivity index (χ0v) is 17.4. The van der Waals surface area contributed by atoms with Gasteiger partial charge in [-0.2, -0.15) is 0 Å². The van der Waals surface area contributed by atoms with E-state index in [1.165, 1.54) is 25.0 Å². The summed E-state index contributed by atoms with van der Waals surface area (Å²) in [6, 6.07) is 7.99. The van der Waals surface area contributed by atoms with Crippen molar-refractivity contribution in [3.8, 4) is 5.88 Å². The zero-order chi connectivity index (χ0) is 20.9. The van der Waals surface area contributed by atoms with Crippen molar-refractivity contribution in [2.75, 3.05) is 37.6 Å². The number of nitrogens with one attached hydrogen (secondary N) is 1. The van der Waals surface area contributed by atoms with Crippen LogP contribution in [0.2, 0.25) is 5.02 Å². The van der Waals surface area contributed by atoms with E-state index in [2.05, 4.69) is 25.3 Å². The lowest BCUT2D eigenvalue weighted by Gasteiger charge is -2.35. The Kier molecular flexibility index (Phi) is 6.64. The Hall–Kier alpha value is -2.45. The average molecular weight is 434 g/mol. The number of carbonyl (C=O) groups excluding carboxylic acids is 1. The summed E-state index contributed by atoms with van der Waals surface area (Å²) in [4.78, 5) is 16.2. The molecular weight excluding hydrogens is 409 g/mol. The first kappa shape index (κ1) is 20.8. The first-order chi connectivity index (χ1) is 14.6. The van der Waals surface area contributed by atoms with E-state index in [0.717, 1.165) is 49.9 Å². The topological polar surface area (TPSA) is 70.6 Å². The van der Waals surface area contributed by atoms with Gasteiger partial charge in [-0.1, -0.05) is 30.5 Å². The van der Waals surface area contributed by atoms with E-state index in [-0.39, 0.29) is 11.7 Å². The molecule has 1 saturated heterocycles. The Balaban J connectivity index is 1.22. The van der Waals surface area contributed by atoms with E-state index < -0.39 is 6.09 Å². The standard InChI is InChI=1S/C21H25ClFN5O2/c22-18-13-17(23)4-3-16(18)14-27-9-11-28(12-10-27)19-5-6-20(26-25-19)30-21(29)24-8-7-15-1-2-15/h3-6,13,15H,1-2,7-12,14H2,(H,24,29). The fourth-order valence-electron chi connectivity index (χ4n) is 3.48. The molecule has 0 bridgehead atoms. The molecule has 0 spiro atoms. The normalized spacial score (nSPS) is 17.1. The minimum Gasteiger partial charge on any atom is -0.390 e. The number of carbonyl (C=O) groups is 1. The number of hydrogen-bond acceptors (Lipinski definition) is 6. The molecule has 1 N–H and O–H groups in total. The highest BCUT2D eigenvalue weighted by Gasteiger charge is 2.21. The van der Waals surface area contributed by atoms with Gasteiger partial charge in [-0.3, -0.25) is 4.90 Å². The van der Waals surface area contributed by atoms with Crippen LogP contribution in [0.5, 0.6) is 5.88 Å². The summed E-state index contributed by atoms with van der Waals surface area (Å²) < 4.78 is 18.4. The number of anilines is 1. The lowest BCUT2D eigenvalue weighted by atomic mass is 10.2. The van der Waals surface area contributed by atoms with Crippen LogP contribution >= 0.6 is 11.6 Å². The maximum atomic E-state index is 13.2. The second kappa shape index (κ2) is 9.57. The van der Waals surface area contributed by atoms with Gasteiger partial charge in [0.25, 0.3) is 0 Å². The van der Waals surface area contributed by atoms with Crippen LogP contribution in [-0.2, 0) is 6.54 Å². The summed E-state index contributed by atoms with van der Waals surface area (Å²) in [6.45, 7) is 4.54. The molecule has 1 amide bonds. The number of nitrogens with zero attached hydrogens (tertiary/aromatic N) is 4. The molecule has 2 aromatic rings. The molecule has 1 aliphatic heterocycles. The zero-order valence-electron chi connectivity index (χ0n) is 16.7. The van der Waals surface area contributed by atoms with E-state index in [0.29, 0.717) is 18.1 Å². The van der Waals surface area contributed by atoms with Gasteiger partial charge in [-0.25, -0.2) is 9.18 Å². The van der Waals surface area contributed by atoms with Gasteiger partial charge in [0.2, 0.25) is 5.88 Å². The smallest absolute Gasteiger partial charge is 0.390 e. The number of benzene rings is 1. The van der Waals surface area contributed by atoms with E-state index in [9.17, 15) is 9.18 Å². The number of amides is 1. The third-order valence-electron chi connectivity index (χ3n) is 5.45. The van der Waals surface area contributed by atoms with Gasteiger partial charge in [0, 0.05) is 50.4 Å². The predicted molar refractivity (Wildman–Crippen MR) is 112 cm³/mol. The Morgan fingerprint density at radius 1 is 1.17 bits per heavy atom. The minimum atomic E-state index is -0.495. The lowest BCUT2D eigenvalue weighted by molar-refractivity contribution is 0.197. The van der Waals surface area contributed by atoms with Gasteiger partial charge >= 0.3 is 6.09 Å². The van der Waals surface area contributed by atoms with Crippen molar-refractivity contribution in [1.29, 1.82) is 0 Å². The molecule has 4 rings (SSSR count). The fraction of sp³-hybridized carbons (Fsp3) is 0.476. The maximum Gasteiger partial charge on any atom is 0.413 e. The summed E-state index contributed by atoms with van der Waals surface area (Å²) in [5.74, 6) is 1.37. The van der Waals surface area contributed by atoms with Crippen LogP contribution in [0.15, 0.2) is 30.3 Å². The molecule has 0 radical (unpaired) electrons. The molecule has 9 heteroatoms. The Bertz CT molecular complexity index is 870. The van der Waals surface area contributed by atoms with Crippen molar-refractivity contribution in [1.82, 2.24) is 20.4 Å². The molecule has 1 saturated carbocycles. The lowest BCUT2D eigenvalue weighted by Crippen LogP contribution is -2.46. The molecule has 2 aliphatic rings. The SMILES string of the molecule is O=C(NCCC1CC1)Oc1ccc(N2CCN(Cc3ccc(F)cc3Cl)CC2)nn1. The van der Waals surface area contributed by atoms with Crippen LogP contribution in [0.4, 0.5) is 15.0 Å². The van der Waals surface area contributed by atoms with Gasteiger partial charge in [-0.15, -0.1) is 10.2 Å². The molecule has 2 fully saturated rings. The van der Waals surface area contributed by atoms with E-state index in [4.69, 9.17) is 16.3 Å². The summed E-state index contributed by atoms with van der Waals surface area (Å²) in [7, 11) is 0. The number of ether oxygens (including phenoxy) is 1. The quantitative estimate of drug-likeness (QED) is 0.720. The second-order valence-corrected chi connectivity index (χ2v) is 8.18. The number of rotatable bonds is 7. The Labute approximate surface area is 180 Å². The summed E-state index contributed by atoms with van der Waals surface area (Å²) in [5, 5.41) is 11.4. The van der Waals surface area contributed by atoms with E-state index in [1.54, 1.807) is 12.1 Å². The van der Waals surface area contributed by atoms with Gasteiger partial charge in [0.1, 0.15) is 5.82 Å². The molecule has 7 nitrogen and oxygen atoms in total. The van der Waals surface area contributed by atoms with E-state index >= 15 is 0 Å². The highest BCUT2D eigenvalue weighted by atomic mass is 35.5. The number of halogens is 2. The largest absolute Gasteiger partial charge is 0.413 e. The molecule has 30 heavy (non-hydrogen) atoms. The highest BCUT2D eigenvalue weighted by molar-refractivity contribution is 6.31. The van der Waals surface area contributed by atoms with Gasteiger partial charge in [0.05, 0.1) is 0 Å². The van der Waals surface area contributed by atoms with E-state index in [1.807, 2.05) is 6.07 Å². The van der Waals surface area contributed by atoms with Crippen LogP contribution in [0.1, 0.15) is 24.8 Å². The van der Waals surface area contributed by atoms with Crippen LogP contribution < -0.4 is 15.0 Å². The van der Waals surface area contributed by atoms with Crippen molar-refractivity contribution in [2.45, 2.75) is 25.8 Å². The van der Waals surface area contributed by atoms with Gasteiger partial charge < -0.3 is 15.0 Å². The van der Waals surface area contributed by atoms with Crippen molar-refractivity contribution < 1.29 is 13.9 Å². The van der Waals surface area contributed by atoms with Gasteiger partial charge in [-0.05, 0) is 36.1 Å². The molecule has 0 unspecified atom stereocenters. The van der Waals surface area contributed by atoms with Crippen LogP contribution in [0.3, 0.4) is 0 Å². The summed E-state index contributed by atoms with van der Waals surface area (Å²) >= 11 is 6.13. The third-order valence-corrected chi connectivity index (χ3v) is 5.80. The first-order valence-corrected chi connectivity index (χ1v) is 10.7. The monoisotopic (exact) mass is 433 g/mol. The second-order valence-electron chi connectivity index (χ2n) is 7.78. The van der Waals surface area contributed by atoms with Crippen molar-refractivity contribution in [3.05, 3.63) is 46.7 Å². The third kappa shape index (κ3) is 5.79. The number of hydrogen-bond donors (Lipinski definition) is 1. The molecular formula is C21H25ClFN5O2. The highest BCUT2D eigenvalue weighted by Crippen LogP contribution is 2.31. The molecule has 0 atom stereocenters. The summed E-state index contributed by atoms with van der Waals surface area (Å²) in [5.41, 5.74) is 0.920. The average Bonchev–Trinajstić information content (AvgIpc) is 3.56. The summed E-state index contributed by atoms with van der Waals surface area (Å²) in [6.07, 6.45) is 3.03. The number of piperazine rings is 1. The predicted octanol–water partition coefficient (Wildman–Crippen LogP) is 3.48. The van der Waals surface area contributed by atoms with Crippen molar-refractivity contribution in [3.63, 3.8) is 0 Å². The first-order valence-electron chi connectivity index (χ1n) is 10.3. The molecule has 1 aromatic carbocycles. The van der Waals surface area contributed by atoms with Crippen LogP contribution in [0, 0.1) is 11.7 Å².